The molecule has 0 amide bonds. The van der Waals surface area contributed by atoms with E-state index in [4.69, 9.17) is 37.0 Å². The lowest BCUT2D eigenvalue weighted by atomic mass is 9.99. The molecule has 0 spiro atoms. The predicted octanol–water partition coefficient (Wildman–Crippen LogP) is 26.9. The van der Waals surface area contributed by atoms with E-state index in [2.05, 4.69) is 48.5 Å². The van der Waals surface area contributed by atoms with Crippen LogP contribution in [0.3, 0.4) is 0 Å². The minimum absolute atomic E-state index is 0.107. The summed E-state index contributed by atoms with van der Waals surface area (Å²) < 4.78 is 69.0. The molecule has 0 saturated carbocycles. The third-order valence-corrected chi connectivity index (χ3v) is 22.9. The minimum Gasteiger partial charge on any atom is -0.462 e. The number of aliphatic hydroxyl groups excluding tert-OH is 1. The first-order valence-corrected chi connectivity index (χ1v) is 48.4. The second-order valence-corrected chi connectivity index (χ2v) is 35.7. The second-order valence-electron chi connectivity index (χ2n) is 32.8. The van der Waals surface area contributed by atoms with Crippen molar-refractivity contribution in [3.63, 3.8) is 0 Å². The van der Waals surface area contributed by atoms with Crippen LogP contribution >= 0.6 is 15.6 Å². The van der Waals surface area contributed by atoms with Gasteiger partial charge in [-0.3, -0.25) is 37.3 Å². The van der Waals surface area contributed by atoms with Crippen LogP contribution < -0.4 is 0 Å². The largest absolute Gasteiger partial charge is 0.472 e. The maximum absolute atomic E-state index is 13.2. The van der Waals surface area contributed by atoms with E-state index in [1.54, 1.807) is 0 Å². The maximum atomic E-state index is 13.2. The van der Waals surface area contributed by atoms with Gasteiger partial charge in [-0.25, -0.2) is 9.13 Å². The zero-order valence-electron chi connectivity index (χ0n) is 70.6. The van der Waals surface area contributed by atoms with Crippen LogP contribution in [-0.4, -0.2) is 96.7 Å². The highest BCUT2D eigenvalue weighted by molar-refractivity contribution is 7.47. The smallest absolute Gasteiger partial charge is 0.462 e. The summed E-state index contributed by atoms with van der Waals surface area (Å²) >= 11 is 0. The van der Waals surface area contributed by atoms with Gasteiger partial charge in [0.05, 0.1) is 26.4 Å². The van der Waals surface area contributed by atoms with Crippen molar-refractivity contribution in [1.82, 2.24) is 0 Å². The van der Waals surface area contributed by atoms with E-state index in [0.717, 1.165) is 108 Å². The van der Waals surface area contributed by atoms with Gasteiger partial charge in [-0.15, -0.1) is 0 Å². The summed E-state index contributed by atoms with van der Waals surface area (Å²) in [5.74, 6) is 0.347. The monoisotopic (exact) mass is 1560 g/mol. The van der Waals surface area contributed by atoms with E-state index in [9.17, 15) is 43.2 Å². The molecule has 0 rings (SSSR count). The standard InChI is InChI=1S/C88H172O17P2/c1-8-10-11-12-13-14-15-24-34-41-48-55-62-69-85(90)98-75-84(105-88(93)72-65-58-51-44-37-30-29-32-39-46-53-60-67-80(5)6)78-103-107(96,97)101-74-82(89)73-100-106(94,95)102-77-83(76-99-86(91)70-63-56-49-42-35-27-23-22-26-33-40-47-54-61-68-81(7)9-2)104-87(92)71-64-57-50-43-36-28-21-19-17-16-18-20-25-31-38-45-52-59-66-79(3)4/h79-84,89H,8-78H2,1-7H3,(H,94,95)(H,96,97)/t81?,82-,83-,84-/m1/s1. The van der Waals surface area contributed by atoms with Crippen LogP contribution in [0.15, 0.2) is 0 Å². The zero-order chi connectivity index (χ0) is 78.6. The van der Waals surface area contributed by atoms with Gasteiger partial charge in [0, 0.05) is 25.7 Å². The van der Waals surface area contributed by atoms with Gasteiger partial charge in [0.2, 0.25) is 0 Å². The Morgan fingerprint density at radius 1 is 0.271 bits per heavy atom. The highest BCUT2D eigenvalue weighted by Gasteiger charge is 2.31. The SMILES string of the molecule is CCCCCCCCCCCCCCCC(=O)OC[C@H](COP(=O)(O)OC[C@H](O)COP(=O)(O)OC[C@@H](COC(=O)CCCCCCCCCCCCCCCCC(C)CC)OC(=O)CCCCCCCCCCCCCCCCCCCCC(C)C)OC(=O)CCCCCCCCCCCCCCC(C)C. The normalized spacial score (nSPS) is 14.1. The molecule has 0 aliphatic heterocycles. The van der Waals surface area contributed by atoms with Crippen LogP contribution in [0.25, 0.3) is 0 Å². The van der Waals surface area contributed by atoms with Crippen LogP contribution in [0.2, 0.25) is 0 Å². The quantitative estimate of drug-likeness (QED) is 0.0222. The molecule has 3 N–H and O–H groups in total. The first kappa shape index (κ1) is 105. The van der Waals surface area contributed by atoms with Gasteiger partial charge in [-0.2, -0.15) is 0 Å². The fourth-order valence-electron chi connectivity index (χ4n) is 13.7. The molecule has 3 unspecified atom stereocenters. The number of ether oxygens (including phenoxy) is 4. The Morgan fingerprint density at radius 3 is 0.710 bits per heavy atom. The number of carbonyl (C=O) groups excluding carboxylic acids is 4. The predicted molar refractivity (Wildman–Crippen MR) is 441 cm³/mol. The van der Waals surface area contributed by atoms with E-state index in [1.807, 2.05) is 0 Å². The highest BCUT2D eigenvalue weighted by atomic mass is 31.2. The summed E-state index contributed by atoms with van der Waals surface area (Å²) in [6.45, 7) is 12.1. The Hall–Kier alpha value is -1.94. The molecule has 0 aliphatic rings. The fraction of sp³-hybridized carbons (Fsp3) is 0.955. The number of unbranched alkanes of at least 4 members (excludes halogenated alkanes) is 53. The van der Waals surface area contributed by atoms with Crippen LogP contribution in [-0.2, 0) is 65.4 Å². The Labute approximate surface area is 658 Å². The second kappa shape index (κ2) is 78.0. The first-order valence-electron chi connectivity index (χ1n) is 45.4. The van der Waals surface area contributed by atoms with Gasteiger partial charge in [0.1, 0.15) is 19.3 Å². The van der Waals surface area contributed by atoms with Gasteiger partial charge in [0.25, 0.3) is 0 Å². The Balaban J connectivity index is 5.26. The number of hydrogen-bond acceptors (Lipinski definition) is 15. The van der Waals surface area contributed by atoms with Crippen molar-refractivity contribution < 1.29 is 80.2 Å². The summed E-state index contributed by atoms with van der Waals surface area (Å²) in [6, 6.07) is 0. The molecule has 6 atom stereocenters. The number of aliphatic hydroxyl groups is 1. The number of phosphoric acid groups is 2. The molecular weight excluding hydrogens is 1390 g/mol. The summed E-state index contributed by atoms with van der Waals surface area (Å²) in [6.07, 6.45) is 69.2. The van der Waals surface area contributed by atoms with Crippen LogP contribution in [0.1, 0.15) is 466 Å². The van der Waals surface area contributed by atoms with Crippen molar-refractivity contribution in [2.24, 2.45) is 17.8 Å². The number of phosphoric ester groups is 2. The van der Waals surface area contributed by atoms with E-state index >= 15 is 0 Å². The topological polar surface area (TPSA) is 237 Å². The van der Waals surface area contributed by atoms with Crippen molar-refractivity contribution in [3.8, 4) is 0 Å². The van der Waals surface area contributed by atoms with Crippen molar-refractivity contribution in [3.05, 3.63) is 0 Å². The fourth-order valence-corrected chi connectivity index (χ4v) is 15.3. The molecule has 0 heterocycles. The molecule has 0 radical (unpaired) electrons. The molecule has 0 fully saturated rings. The van der Waals surface area contributed by atoms with Gasteiger partial charge < -0.3 is 33.8 Å². The lowest BCUT2D eigenvalue weighted by molar-refractivity contribution is -0.161. The maximum Gasteiger partial charge on any atom is 0.472 e. The van der Waals surface area contributed by atoms with E-state index in [1.165, 1.54) is 276 Å². The zero-order valence-corrected chi connectivity index (χ0v) is 72.4. The molecule has 0 bridgehead atoms. The average molecular weight is 1560 g/mol. The van der Waals surface area contributed by atoms with Gasteiger partial charge in [-0.1, -0.05) is 414 Å². The summed E-state index contributed by atoms with van der Waals surface area (Å²) in [4.78, 5) is 73.3. The molecule has 0 aromatic heterocycles. The lowest BCUT2D eigenvalue weighted by Gasteiger charge is -2.21. The van der Waals surface area contributed by atoms with Gasteiger partial charge in [-0.05, 0) is 43.4 Å². The Bertz CT molecular complexity index is 2060. The van der Waals surface area contributed by atoms with Crippen molar-refractivity contribution >= 4 is 39.5 Å². The van der Waals surface area contributed by atoms with Crippen LogP contribution in [0.4, 0.5) is 0 Å². The Kier molecular flexibility index (Phi) is 76.6. The lowest BCUT2D eigenvalue weighted by Crippen LogP contribution is -2.30. The number of rotatable bonds is 86. The van der Waals surface area contributed by atoms with Gasteiger partial charge in [0.15, 0.2) is 12.2 Å². The van der Waals surface area contributed by atoms with Crippen molar-refractivity contribution in [2.45, 2.75) is 484 Å². The minimum atomic E-state index is -4.97. The molecule has 0 saturated heterocycles. The number of esters is 4. The molecule has 17 nitrogen and oxygen atoms in total. The first-order chi connectivity index (χ1) is 51.8. The Morgan fingerprint density at radius 2 is 0.477 bits per heavy atom. The molecule has 107 heavy (non-hydrogen) atoms. The summed E-state index contributed by atoms with van der Waals surface area (Å²) in [5, 5.41) is 10.7. The number of carbonyl (C=O) groups is 4. The third-order valence-electron chi connectivity index (χ3n) is 21.0. The van der Waals surface area contributed by atoms with Crippen LogP contribution in [0.5, 0.6) is 0 Å². The molecule has 0 aromatic rings. The molecule has 0 aliphatic carbocycles. The third kappa shape index (κ3) is 80.5. The van der Waals surface area contributed by atoms with Crippen LogP contribution in [0, 0.1) is 17.8 Å². The summed E-state index contributed by atoms with van der Waals surface area (Å²) in [7, 11) is -9.93. The van der Waals surface area contributed by atoms with Gasteiger partial charge >= 0.3 is 39.5 Å². The van der Waals surface area contributed by atoms with E-state index < -0.39 is 97.5 Å². The molecular formula is C88H172O17P2. The average Bonchev–Trinajstić information content (AvgIpc) is 0.902. The number of hydrogen-bond donors (Lipinski definition) is 3. The van der Waals surface area contributed by atoms with Crippen molar-refractivity contribution in [1.29, 1.82) is 0 Å². The highest BCUT2D eigenvalue weighted by Crippen LogP contribution is 2.45. The summed E-state index contributed by atoms with van der Waals surface area (Å²) in [5.41, 5.74) is 0. The molecule has 0 aromatic carbocycles. The molecule has 636 valence electrons. The van der Waals surface area contributed by atoms with Crippen molar-refractivity contribution in [2.75, 3.05) is 39.6 Å². The van der Waals surface area contributed by atoms with E-state index in [0.29, 0.717) is 25.7 Å². The molecule has 19 heteroatoms. The van der Waals surface area contributed by atoms with E-state index in [-0.39, 0.29) is 25.7 Å².